The van der Waals surface area contributed by atoms with Crippen molar-refractivity contribution < 1.29 is 14.3 Å². The number of rotatable bonds is 9. The molecular weight excluding hydrogens is 218 g/mol. The molecule has 2 N–H and O–H groups in total. The largest absolute Gasteiger partial charge is 0.385 e. The van der Waals surface area contributed by atoms with Crippen LogP contribution in [0, 0.1) is 0 Å². The number of carbonyl (C=O) groups is 1. The minimum Gasteiger partial charge on any atom is -0.385 e. The Morgan fingerprint density at radius 3 is 3.00 bits per heavy atom. The molecule has 17 heavy (non-hydrogen) atoms. The Labute approximate surface area is 104 Å². The summed E-state index contributed by atoms with van der Waals surface area (Å²) in [6, 6.07) is -0.311. The van der Waals surface area contributed by atoms with Crippen LogP contribution >= 0.6 is 0 Å². The molecule has 0 amide bonds. The van der Waals surface area contributed by atoms with Crippen LogP contribution in [0.1, 0.15) is 44.9 Å². The Morgan fingerprint density at radius 1 is 1.53 bits per heavy atom. The lowest BCUT2D eigenvalue weighted by Crippen LogP contribution is -2.30. The van der Waals surface area contributed by atoms with E-state index in [2.05, 4.69) is 0 Å². The van der Waals surface area contributed by atoms with E-state index in [1.54, 1.807) is 7.11 Å². The quantitative estimate of drug-likeness (QED) is 0.626. The summed E-state index contributed by atoms with van der Waals surface area (Å²) in [6.45, 7) is 1.56. The molecule has 0 spiro atoms. The van der Waals surface area contributed by atoms with Gasteiger partial charge in [-0.3, -0.25) is 4.79 Å². The zero-order valence-electron chi connectivity index (χ0n) is 10.8. The lowest BCUT2D eigenvalue weighted by Gasteiger charge is -2.11. The molecule has 0 aromatic carbocycles. The van der Waals surface area contributed by atoms with Crippen molar-refractivity contribution in [3.05, 3.63) is 0 Å². The minimum atomic E-state index is -0.311. The predicted octanol–water partition coefficient (Wildman–Crippen LogP) is 1.66. The summed E-state index contributed by atoms with van der Waals surface area (Å²) in [7, 11) is 1.66. The molecule has 1 heterocycles. The van der Waals surface area contributed by atoms with E-state index in [-0.39, 0.29) is 11.8 Å². The number of Topliss-reactive ketones (excluding diaryl/α,β-unsaturated/α-hetero) is 1. The number of hydrogen-bond acceptors (Lipinski definition) is 4. The Bertz CT molecular complexity index is 215. The van der Waals surface area contributed by atoms with Crippen LogP contribution in [0.4, 0.5) is 0 Å². The lowest BCUT2D eigenvalue weighted by atomic mass is 10.0. The topological polar surface area (TPSA) is 61.5 Å². The Balaban J connectivity index is 2.02. The number of methoxy groups -OCH3 is 1. The van der Waals surface area contributed by atoms with Gasteiger partial charge in [0.2, 0.25) is 0 Å². The van der Waals surface area contributed by atoms with E-state index in [4.69, 9.17) is 15.2 Å². The first kappa shape index (κ1) is 14.6. The van der Waals surface area contributed by atoms with Gasteiger partial charge in [0.25, 0.3) is 0 Å². The number of nitrogens with two attached hydrogens (primary N) is 1. The maximum absolute atomic E-state index is 11.7. The fraction of sp³-hybridized carbons (Fsp3) is 0.923. The van der Waals surface area contributed by atoms with Crippen LogP contribution < -0.4 is 5.73 Å². The molecule has 0 radical (unpaired) electrons. The third-order valence-corrected chi connectivity index (χ3v) is 3.25. The highest BCUT2D eigenvalue weighted by molar-refractivity contribution is 5.83. The second kappa shape index (κ2) is 8.61. The summed E-state index contributed by atoms with van der Waals surface area (Å²) in [5.74, 6) is 0.180. The molecule has 1 saturated heterocycles. The fourth-order valence-corrected chi connectivity index (χ4v) is 2.17. The van der Waals surface area contributed by atoms with Gasteiger partial charge in [-0.15, -0.1) is 0 Å². The second-order valence-electron chi connectivity index (χ2n) is 4.74. The zero-order chi connectivity index (χ0) is 12.5. The average molecular weight is 243 g/mol. The van der Waals surface area contributed by atoms with Gasteiger partial charge in [0.1, 0.15) is 5.78 Å². The van der Waals surface area contributed by atoms with Gasteiger partial charge in [0, 0.05) is 26.7 Å². The summed E-state index contributed by atoms with van der Waals surface area (Å²) in [5.41, 5.74) is 5.82. The number of ketones is 1. The van der Waals surface area contributed by atoms with Crippen LogP contribution in [-0.4, -0.2) is 38.3 Å². The van der Waals surface area contributed by atoms with Gasteiger partial charge in [-0.1, -0.05) is 0 Å². The van der Waals surface area contributed by atoms with Gasteiger partial charge in [0.05, 0.1) is 12.1 Å². The number of ether oxygens (including phenoxy) is 2. The summed E-state index contributed by atoms with van der Waals surface area (Å²) >= 11 is 0. The van der Waals surface area contributed by atoms with E-state index >= 15 is 0 Å². The van der Waals surface area contributed by atoms with Crippen molar-refractivity contribution in [2.75, 3.05) is 20.3 Å². The summed E-state index contributed by atoms with van der Waals surface area (Å²) in [4.78, 5) is 11.7. The standard InChI is InChI=1S/C13H25NO3/c1-16-9-4-7-12(14)13(15)8-2-5-11-6-3-10-17-11/h11-12H,2-10,14H2,1H3. The summed E-state index contributed by atoms with van der Waals surface area (Å²) in [5, 5.41) is 0. The average Bonchev–Trinajstić information content (AvgIpc) is 2.82. The Morgan fingerprint density at radius 2 is 2.35 bits per heavy atom. The van der Waals surface area contributed by atoms with Gasteiger partial charge in [-0.2, -0.15) is 0 Å². The molecule has 100 valence electrons. The molecular formula is C13H25NO3. The van der Waals surface area contributed by atoms with Crippen LogP contribution in [-0.2, 0) is 14.3 Å². The van der Waals surface area contributed by atoms with Crippen molar-refractivity contribution in [1.82, 2.24) is 0 Å². The molecule has 1 rings (SSSR count). The molecule has 1 aliphatic heterocycles. The minimum absolute atomic E-state index is 0.180. The first-order valence-corrected chi connectivity index (χ1v) is 6.63. The highest BCUT2D eigenvalue weighted by Gasteiger charge is 2.17. The molecule has 1 fully saturated rings. The van der Waals surface area contributed by atoms with Crippen LogP contribution in [0.15, 0.2) is 0 Å². The smallest absolute Gasteiger partial charge is 0.149 e. The Hall–Kier alpha value is -0.450. The highest BCUT2D eigenvalue weighted by atomic mass is 16.5. The number of carbonyl (C=O) groups excluding carboxylic acids is 1. The van der Waals surface area contributed by atoms with Gasteiger partial charge < -0.3 is 15.2 Å². The highest BCUT2D eigenvalue weighted by Crippen LogP contribution is 2.18. The normalized spacial score (nSPS) is 21.6. The summed E-state index contributed by atoms with van der Waals surface area (Å²) in [6.07, 6.45) is 6.77. The molecule has 0 aromatic heterocycles. The van der Waals surface area contributed by atoms with E-state index in [0.29, 0.717) is 19.1 Å². The maximum Gasteiger partial charge on any atom is 0.149 e. The zero-order valence-corrected chi connectivity index (χ0v) is 10.8. The van der Waals surface area contributed by atoms with Crippen molar-refractivity contribution in [2.24, 2.45) is 5.73 Å². The molecule has 0 saturated carbocycles. The van der Waals surface area contributed by atoms with Gasteiger partial charge in [0.15, 0.2) is 0 Å². The van der Waals surface area contributed by atoms with E-state index in [9.17, 15) is 4.79 Å². The number of hydrogen-bond donors (Lipinski definition) is 1. The molecule has 0 bridgehead atoms. The van der Waals surface area contributed by atoms with Crippen LogP contribution in [0.25, 0.3) is 0 Å². The van der Waals surface area contributed by atoms with Crippen molar-refractivity contribution in [3.63, 3.8) is 0 Å². The Kier molecular flexibility index (Phi) is 7.40. The van der Waals surface area contributed by atoms with E-state index in [1.807, 2.05) is 0 Å². The van der Waals surface area contributed by atoms with Crippen molar-refractivity contribution in [2.45, 2.75) is 57.1 Å². The first-order valence-electron chi connectivity index (χ1n) is 6.63. The van der Waals surface area contributed by atoms with E-state index in [1.165, 1.54) is 0 Å². The molecule has 2 unspecified atom stereocenters. The van der Waals surface area contributed by atoms with Crippen molar-refractivity contribution in [1.29, 1.82) is 0 Å². The fourth-order valence-electron chi connectivity index (χ4n) is 2.17. The van der Waals surface area contributed by atoms with Gasteiger partial charge in [-0.05, 0) is 38.5 Å². The predicted molar refractivity (Wildman–Crippen MR) is 66.9 cm³/mol. The maximum atomic E-state index is 11.7. The molecule has 0 aliphatic carbocycles. The van der Waals surface area contributed by atoms with Crippen LogP contribution in [0.2, 0.25) is 0 Å². The summed E-state index contributed by atoms with van der Waals surface area (Å²) < 4.78 is 10.5. The van der Waals surface area contributed by atoms with Crippen LogP contribution in [0.5, 0.6) is 0 Å². The van der Waals surface area contributed by atoms with Crippen LogP contribution in [0.3, 0.4) is 0 Å². The lowest BCUT2D eigenvalue weighted by molar-refractivity contribution is -0.120. The molecule has 4 heteroatoms. The molecule has 1 aliphatic rings. The third-order valence-electron chi connectivity index (χ3n) is 3.25. The molecule has 0 aromatic rings. The molecule has 4 nitrogen and oxygen atoms in total. The molecule has 2 atom stereocenters. The van der Waals surface area contributed by atoms with E-state index in [0.717, 1.165) is 45.1 Å². The van der Waals surface area contributed by atoms with Crippen molar-refractivity contribution in [3.8, 4) is 0 Å². The van der Waals surface area contributed by atoms with Gasteiger partial charge >= 0.3 is 0 Å². The third kappa shape index (κ3) is 6.15. The first-order chi connectivity index (χ1) is 8.24. The van der Waals surface area contributed by atoms with Crippen molar-refractivity contribution >= 4 is 5.78 Å². The monoisotopic (exact) mass is 243 g/mol. The van der Waals surface area contributed by atoms with Gasteiger partial charge in [-0.25, -0.2) is 0 Å². The SMILES string of the molecule is COCCCC(N)C(=O)CCCC1CCCO1. The second-order valence-corrected chi connectivity index (χ2v) is 4.74. The van der Waals surface area contributed by atoms with E-state index < -0.39 is 0 Å².